The van der Waals surface area contributed by atoms with Crippen LogP contribution < -0.4 is 20.1 Å². The highest BCUT2D eigenvalue weighted by Crippen LogP contribution is 2.31. The van der Waals surface area contributed by atoms with E-state index in [-0.39, 0.29) is 24.5 Å². The summed E-state index contributed by atoms with van der Waals surface area (Å²) < 4.78 is 11.3. The van der Waals surface area contributed by atoms with E-state index < -0.39 is 6.10 Å². The van der Waals surface area contributed by atoms with Crippen LogP contribution in [0.25, 0.3) is 0 Å². The summed E-state index contributed by atoms with van der Waals surface area (Å²) in [7, 11) is 0. The number of amides is 2. The number of nitrogens with one attached hydrogen (secondary N) is 2. The third kappa shape index (κ3) is 4.43. The van der Waals surface area contributed by atoms with Crippen molar-refractivity contribution < 1.29 is 19.1 Å². The van der Waals surface area contributed by atoms with Crippen LogP contribution in [0.15, 0.2) is 78.9 Å². The van der Waals surface area contributed by atoms with Crippen molar-refractivity contribution in [2.24, 2.45) is 0 Å². The third-order valence-corrected chi connectivity index (χ3v) is 4.86. The molecule has 0 aromatic heterocycles. The Labute approximate surface area is 174 Å². The van der Waals surface area contributed by atoms with Crippen LogP contribution in [0, 0.1) is 0 Å². The zero-order chi connectivity index (χ0) is 20.9. The summed E-state index contributed by atoms with van der Waals surface area (Å²) in [6.07, 6.45) is -0.741. The summed E-state index contributed by atoms with van der Waals surface area (Å²) in [5.74, 6) is 0.689. The number of hydrogen-bond donors (Lipinski definition) is 2. The van der Waals surface area contributed by atoms with Crippen LogP contribution in [-0.2, 0) is 4.79 Å². The molecule has 6 nitrogen and oxygen atoms in total. The highest BCUT2D eigenvalue weighted by molar-refractivity contribution is 5.97. The number of hydrogen-bond acceptors (Lipinski definition) is 4. The van der Waals surface area contributed by atoms with Gasteiger partial charge in [-0.2, -0.15) is 0 Å². The van der Waals surface area contributed by atoms with Crippen LogP contribution in [0.2, 0.25) is 0 Å². The average Bonchev–Trinajstić information content (AvgIpc) is 2.79. The van der Waals surface area contributed by atoms with Crippen molar-refractivity contribution in [3.63, 3.8) is 0 Å². The molecule has 0 bridgehead atoms. The van der Waals surface area contributed by atoms with Crippen molar-refractivity contribution >= 4 is 17.5 Å². The van der Waals surface area contributed by atoms with Crippen LogP contribution in [-0.4, -0.2) is 24.5 Å². The number of ether oxygens (including phenoxy) is 2. The van der Waals surface area contributed by atoms with Crippen LogP contribution in [0.5, 0.6) is 11.5 Å². The van der Waals surface area contributed by atoms with Crippen molar-refractivity contribution in [3.05, 3.63) is 90.0 Å². The molecule has 0 aliphatic carbocycles. The van der Waals surface area contributed by atoms with Crippen LogP contribution in [0.1, 0.15) is 28.9 Å². The van der Waals surface area contributed by atoms with Crippen molar-refractivity contribution in [2.75, 3.05) is 11.9 Å². The molecule has 6 heteroatoms. The van der Waals surface area contributed by atoms with E-state index in [1.165, 1.54) is 0 Å². The van der Waals surface area contributed by atoms with Crippen LogP contribution >= 0.6 is 0 Å². The Bertz CT molecular complexity index is 1030. The molecule has 0 radical (unpaired) electrons. The van der Waals surface area contributed by atoms with Crippen LogP contribution in [0.4, 0.5) is 5.69 Å². The molecule has 1 heterocycles. The van der Waals surface area contributed by atoms with Gasteiger partial charge in [0.1, 0.15) is 6.61 Å². The Balaban J connectivity index is 1.34. The first-order chi connectivity index (χ1) is 14.6. The fourth-order valence-electron chi connectivity index (χ4n) is 3.18. The molecule has 152 valence electrons. The molecule has 4 rings (SSSR count). The zero-order valence-corrected chi connectivity index (χ0v) is 16.5. The Hall–Kier alpha value is -3.80. The number of anilines is 1. The first kappa shape index (κ1) is 19.5. The Morgan fingerprint density at radius 3 is 2.30 bits per heavy atom. The Morgan fingerprint density at radius 2 is 1.57 bits per heavy atom. The van der Waals surface area contributed by atoms with Crippen LogP contribution in [0.3, 0.4) is 0 Å². The molecule has 0 unspecified atom stereocenters. The normalized spacial score (nSPS) is 15.7. The van der Waals surface area contributed by atoms with Gasteiger partial charge in [0, 0.05) is 11.3 Å². The summed E-state index contributed by atoms with van der Waals surface area (Å²) >= 11 is 0. The fraction of sp³-hybridized carbons (Fsp3) is 0.167. The molecule has 2 N–H and O–H groups in total. The second-order valence-electron chi connectivity index (χ2n) is 7.04. The van der Waals surface area contributed by atoms with E-state index in [4.69, 9.17) is 9.47 Å². The maximum absolute atomic E-state index is 12.5. The summed E-state index contributed by atoms with van der Waals surface area (Å²) in [4.78, 5) is 25.0. The number of carbonyl (C=O) groups is 2. The molecule has 2 atom stereocenters. The molecule has 0 fully saturated rings. The monoisotopic (exact) mass is 402 g/mol. The molecular formula is C24H22N2O4. The first-order valence-electron chi connectivity index (χ1n) is 9.75. The minimum atomic E-state index is -0.741. The minimum Gasteiger partial charge on any atom is -0.485 e. The molecule has 1 aliphatic heterocycles. The second kappa shape index (κ2) is 8.69. The molecule has 3 aromatic rings. The Kier molecular flexibility index (Phi) is 5.66. The van der Waals surface area contributed by atoms with Gasteiger partial charge in [-0.25, -0.2) is 0 Å². The quantitative estimate of drug-likeness (QED) is 0.677. The van der Waals surface area contributed by atoms with Gasteiger partial charge in [0.15, 0.2) is 11.5 Å². The lowest BCUT2D eigenvalue weighted by atomic mass is 10.1. The number of rotatable bonds is 5. The van der Waals surface area contributed by atoms with E-state index in [1.54, 1.807) is 36.4 Å². The lowest BCUT2D eigenvalue weighted by Crippen LogP contribution is -2.40. The lowest BCUT2D eigenvalue weighted by molar-refractivity contribution is -0.125. The lowest BCUT2D eigenvalue weighted by Gasteiger charge is -2.25. The SMILES string of the molecule is C[C@H](NC(=O)c1ccc(NC(=O)[C@H]2COc3ccccc3O2)cc1)c1ccccc1. The van der Waals surface area contributed by atoms with Crippen molar-refractivity contribution in [1.82, 2.24) is 5.32 Å². The van der Waals surface area contributed by atoms with Gasteiger partial charge in [0.25, 0.3) is 11.8 Å². The molecule has 3 aromatic carbocycles. The van der Waals surface area contributed by atoms with Crippen molar-refractivity contribution in [3.8, 4) is 11.5 Å². The summed E-state index contributed by atoms with van der Waals surface area (Å²) in [5.41, 5.74) is 2.13. The topological polar surface area (TPSA) is 76.7 Å². The standard InChI is InChI=1S/C24H22N2O4/c1-16(17-7-3-2-4-8-17)25-23(27)18-11-13-19(14-12-18)26-24(28)22-15-29-20-9-5-6-10-21(20)30-22/h2-14,16,22H,15H2,1H3,(H,25,27)(H,26,28)/t16-,22+/m0/s1. The van der Waals surface area contributed by atoms with Gasteiger partial charge >= 0.3 is 0 Å². The summed E-state index contributed by atoms with van der Waals surface area (Å²) in [6.45, 7) is 2.08. The van der Waals surface area contributed by atoms with Crippen molar-refractivity contribution in [2.45, 2.75) is 19.1 Å². The van der Waals surface area contributed by atoms with Crippen molar-refractivity contribution in [1.29, 1.82) is 0 Å². The maximum atomic E-state index is 12.5. The molecule has 30 heavy (non-hydrogen) atoms. The largest absolute Gasteiger partial charge is 0.485 e. The highest BCUT2D eigenvalue weighted by Gasteiger charge is 2.27. The summed E-state index contributed by atoms with van der Waals surface area (Å²) in [5, 5.41) is 5.77. The fourth-order valence-corrected chi connectivity index (χ4v) is 3.18. The first-order valence-corrected chi connectivity index (χ1v) is 9.75. The number of fused-ring (bicyclic) bond motifs is 1. The van der Waals surface area contributed by atoms with Gasteiger partial charge in [0.05, 0.1) is 6.04 Å². The zero-order valence-electron chi connectivity index (χ0n) is 16.5. The van der Waals surface area contributed by atoms with Gasteiger partial charge in [-0.15, -0.1) is 0 Å². The highest BCUT2D eigenvalue weighted by atomic mass is 16.6. The van der Waals surface area contributed by atoms with E-state index in [0.717, 1.165) is 5.56 Å². The van der Waals surface area contributed by atoms with E-state index >= 15 is 0 Å². The predicted octanol–water partition coefficient (Wildman–Crippen LogP) is 3.96. The second-order valence-corrected chi connectivity index (χ2v) is 7.04. The Morgan fingerprint density at radius 1 is 0.900 bits per heavy atom. The predicted molar refractivity (Wildman–Crippen MR) is 114 cm³/mol. The average molecular weight is 402 g/mol. The summed E-state index contributed by atoms with van der Waals surface area (Å²) in [6, 6.07) is 23.6. The van der Waals surface area contributed by atoms with Gasteiger partial charge in [-0.05, 0) is 48.9 Å². The van der Waals surface area contributed by atoms with E-state index in [0.29, 0.717) is 22.7 Å². The van der Waals surface area contributed by atoms with E-state index in [2.05, 4.69) is 10.6 Å². The minimum absolute atomic E-state index is 0.107. The smallest absolute Gasteiger partial charge is 0.269 e. The molecule has 0 saturated heterocycles. The van der Waals surface area contributed by atoms with E-state index in [9.17, 15) is 9.59 Å². The van der Waals surface area contributed by atoms with Gasteiger partial charge in [-0.3, -0.25) is 9.59 Å². The maximum Gasteiger partial charge on any atom is 0.269 e. The van der Waals surface area contributed by atoms with Gasteiger partial charge < -0.3 is 20.1 Å². The van der Waals surface area contributed by atoms with E-state index in [1.807, 2.05) is 49.4 Å². The van der Waals surface area contributed by atoms with Gasteiger partial charge in [-0.1, -0.05) is 42.5 Å². The van der Waals surface area contributed by atoms with Gasteiger partial charge in [0.2, 0.25) is 6.10 Å². The molecule has 0 saturated carbocycles. The number of benzene rings is 3. The molecule has 1 aliphatic rings. The molecule has 2 amide bonds. The third-order valence-electron chi connectivity index (χ3n) is 4.86. The number of para-hydroxylation sites is 2. The molecular weight excluding hydrogens is 380 g/mol. The molecule has 0 spiro atoms. The number of carbonyl (C=O) groups excluding carboxylic acids is 2.